The molecule has 3 rings (SSSR count). The average Bonchev–Trinajstić information content (AvgIpc) is 2.88. The Morgan fingerprint density at radius 2 is 1.85 bits per heavy atom. The zero-order valence-corrected chi connectivity index (χ0v) is 15.8. The van der Waals surface area contributed by atoms with Crippen molar-refractivity contribution in [1.82, 2.24) is 4.90 Å². The molecule has 0 aliphatic carbocycles. The monoisotopic (exact) mass is 389 g/mol. The molecule has 1 fully saturated rings. The van der Waals surface area contributed by atoms with Gasteiger partial charge in [-0.15, -0.1) is 0 Å². The smallest absolute Gasteiger partial charge is 0.293 e. The minimum absolute atomic E-state index is 0.281. The van der Waals surface area contributed by atoms with E-state index in [0.717, 1.165) is 27.8 Å². The normalized spacial score (nSPS) is 15.7. The predicted molar refractivity (Wildman–Crippen MR) is 103 cm³/mol. The van der Waals surface area contributed by atoms with Gasteiger partial charge < -0.3 is 9.47 Å². The summed E-state index contributed by atoms with van der Waals surface area (Å²) < 4.78 is 11.2. The first-order chi connectivity index (χ1) is 12.5. The third kappa shape index (κ3) is 4.03. The van der Waals surface area contributed by atoms with Crippen LogP contribution in [0, 0.1) is 0 Å². The summed E-state index contributed by atoms with van der Waals surface area (Å²) >= 11 is 6.79. The number of ether oxygens (including phenoxy) is 2. The minimum atomic E-state index is -0.304. The highest BCUT2D eigenvalue weighted by molar-refractivity contribution is 8.18. The molecule has 1 heterocycles. The Hall–Kier alpha value is -2.44. The summed E-state index contributed by atoms with van der Waals surface area (Å²) in [5.74, 6) is 0.827. The molecule has 7 heteroatoms. The molecule has 0 aromatic heterocycles. The quantitative estimate of drug-likeness (QED) is 0.700. The summed E-state index contributed by atoms with van der Waals surface area (Å²) in [5, 5.41) is 0.392. The van der Waals surface area contributed by atoms with Crippen LogP contribution in [0.15, 0.2) is 47.4 Å². The third-order valence-electron chi connectivity index (χ3n) is 3.78. The van der Waals surface area contributed by atoms with Gasteiger partial charge in [0.05, 0.1) is 12.0 Å². The molecule has 0 bridgehead atoms. The Morgan fingerprint density at radius 1 is 1.12 bits per heavy atom. The second kappa shape index (κ2) is 7.85. The van der Waals surface area contributed by atoms with Gasteiger partial charge in [0, 0.05) is 12.1 Å². The van der Waals surface area contributed by atoms with E-state index in [2.05, 4.69) is 0 Å². The third-order valence-corrected chi connectivity index (χ3v) is 4.99. The van der Waals surface area contributed by atoms with E-state index in [0.29, 0.717) is 28.0 Å². The van der Waals surface area contributed by atoms with Crippen LogP contribution in [-0.4, -0.2) is 30.2 Å². The van der Waals surface area contributed by atoms with Crippen molar-refractivity contribution >= 4 is 40.6 Å². The maximum absolute atomic E-state index is 12.0. The number of imide groups is 1. The summed E-state index contributed by atoms with van der Waals surface area (Å²) in [6.07, 6.45) is 1.67. The number of methoxy groups -OCH3 is 1. The molecule has 26 heavy (non-hydrogen) atoms. The van der Waals surface area contributed by atoms with Crippen LogP contribution < -0.4 is 9.47 Å². The number of hydrogen-bond donors (Lipinski definition) is 0. The highest BCUT2D eigenvalue weighted by Crippen LogP contribution is 2.34. The van der Waals surface area contributed by atoms with Crippen LogP contribution in [0.1, 0.15) is 11.1 Å². The number of amides is 2. The number of carbonyl (C=O) groups excluding carboxylic acids is 2. The minimum Gasteiger partial charge on any atom is -0.493 e. The maximum atomic E-state index is 12.0. The van der Waals surface area contributed by atoms with Crippen molar-refractivity contribution in [2.24, 2.45) is 0 Å². The molecular weight excluding hydrogens is 374 g/mol. The molecular formula is C19H16ClNO4S. The van der Waals surface area contributed by atoms with Crippen LogP contribution in [0.2, 0.25) is 5.02 Å². The molecule has 2 amide bonds. The lowest BCUT2D eigenvalue weighted by Gasteiger charge is -2.11. The fourth-order valence-electron chi connectivity index (χ4n) is 2.33. The second-order valence-corrected chi connectivity index (χ2v) is 7.00. The predicted octanol–water partition coefficient (Wildman–Crippen LogP) is 4.59. The Morgan fingerprint density at radius 3 is 2.46 bits per heavy atom. The molecule has 0 atom stereocenters. The van der Waals surface area contributed by atoms with Crippen molar-refractivity contribution in [2.45, 2.75) is 6.61 Å². The zero-order chi connectivity index (χ0) is 18.7. The van der Waals surface area contributed by atoms with Crippen molar-refractivity contribution in [2.75, 3.05) is 14.2 Å². The van der Waals surface area contributed by atoms with Gasteiger partial charge in [0.25, 0.3) is 11.1 Å². The Bertz CT molecular complexity index is 880. The fraction of sp³-hybridized carbons (Fsp3) is 0.158. The Labute approximate surface area is 160 Å². The molecule has 2 aromatic carbocycles. The van der Waals surface area contributed by atoms with Crippen LogP contribution in [0.5, 0.6) is 11.5 Å². The number of hydrogen-bond acceptors (Lipinski definition) is 5. The SMILES string of the molecule is COc1cc(/C=C2\SC(=O)N(C)C2=O)ccc1OCc1ccc(Cl)cc1. The molecule has 0 spiro atoms. The number of benzene rings is 2. The lowest BCUT2D eigenvalue weighted by Crippen LogP contribution is -2.22. The zero-order valence-electron chi connectivity index (χ0n) is 14.2. The van der Waals surface area contributed by atoms with Crippen molar-refractivity contribution in [3.05, 3.63) is 63.5 Å². The van der Waals surface area contributed by atoms with Gasteiger partial charge in [-0.2, -0.15) is 0 Å². The highest BCUT2D eigenvalue weighted by atomic mass is 35.5. The molecule has 1 saturated heterocycles. The van der Waals surface area contributed by atoms with Gasteiger partial charge in [-0.25, -0.2) is 0 Å². The summed E-state index contributed by atoms with van der Waals surface area (Å²) in [7, 11) is 3.01. The van der Waals surface area contributed by atoms with Gasteiger partial charge in [-0.1, -0.05) is 29.8 Å². The van der Waals surface area contributed by atoms with Crippen molar-refractivity contribution < 1.29 is 19.1 Å². The van der Waals surface area contributed by atoms with Gasteiger partial charge in [-0.3, -0.25) is 14.5 Å². The van der Waals surface area contributed by atoms with Crippen LogP contribution in [0.25, 0.3) is 6.08 Å². The van der Waals surface area contributed by atoms with Gasteiger partial charge in [-0.05, 0) is 53.2 Å². The highest BCUT2D eigenvalue weighted by Gasteiger charge is 2.31. The molecule has 0 radical (unpaired) electrons. The number of halogens is 1. The van der Waals surface area contributed by atoms with E-state index in [-0.39, 0.29) is 11.1 Å². The number of rotatable bonds is 5. The van der Waals surface area contributed by atoms with Crippen LogP contribution in [-0.2, 0) is 11.4 Å². The standard InChI is InChI=1S/C19H16ClNO4S/c1-21-18(22)17(26-19(21)23)10-13-5-8-15(16(9-13)24-2)25-11-12-3-6-14(20)7-4-12/h3-10H,11H2,1-2H3/b17-10-. The lowest BCUT2D eigenvalue weighted by molar-refractivity contribution is -0.121. The Kier molecular flexibility index (Phi) is 5.54. The first-order valence-electron chi connectivity index (χ1n) is 7.75. The first-order valence-corrected chi connectivity index (χ1v) is 8.94. The van der Waals surface area contributed by atoms with E-state index in [1.54, 1.807) is 37.5 Å². The van der Waals surface area contributed by atoms with E-state index in [4.69, 9.17) is 21.1 Å². The molecule has 5 nitrogen and oxygen atoms in total. The fourth-order valence-corrected chi connectivity index (χ4v) is 3.29. The van der Waals surface area contributed by atoms with E-state index >= 15 is 0 Å². The van der Waals surface area contributed by atoms with Gasteiger partial charge in [0.1, 0.15) is 6.61 Å². The van der Waals surface area contributed by atoms with Gasteiger partial charge >= 0.3 is 0 Å². The number of nitrogens with zero attached hydrogens (tertiary/aromatic N) is 1. The largest absolute Gasteiger partial charge is 0.493 e. The molecule has 134 valence electrons. The Balaban J connectivity index is 1.76. The van der Waals surface area contributed by atoms with Crippen molar-refractivity contribution in [3.8, 4) is 11.5 Å². The summed E-state index contributed by atoms with van der Waals surface area (Å²) in [6, 6.07) is 12.7. The molecule has 2 aromatic rings. The summed E-state index contributed by atoms with van der Waals surface area (Å²) in [5.41, 5.74) is 1.73. The molecule has 0 saturated carbocycles. The number of thioether (sulfide) groups is 1. The van der Waals surface area contributed by atoms with E-state index < -0.39 is 0 Å². The van der Waals surface area contributed by atoms with Crippen LogP contribution in [0.4, 0.5) is 4.79 Å². The topological polar surface area (TPSA) is 55.8 Å². The first kappa shape index (κ1) is 18.4. The lowest BCUT2D eigenvalue weighted by atomic mass is 10.2. The summed E-state index contributed by atoms with van der Waals surface area (Å²) in [6.45, 7) is 0.377. The summed E-state index contributed by atoms with van der Waals surface area (Å²) in [4.78, 5) is 25.0. The van der Waals surface area contributed by atoms with Crippen LogP contribution in [0.3, 0.4) is 0 Å². The number of carbonyl (C=O) groups is 2. The van der Waals surface area contributed by atoms with Crippen molar-refractivity contribution in [1.29, 1.82) is 0 Å². The molecule has 1 aliphatic rings. The van der Waals surface area contributed by atoms with E-state index in [9.17, 15) is 9.59 Å². The molecule has 0 N–H and O–H groups in total. The maximum Gasteiger partial charge on any atom is 0.293 e. The van der Waals surface area contributed by atoms with Crippen LogP contribution >= 0.6 is 23.4 Å². The molecule has 1 aliphatic heterocycles. The molecule has 0 unspecified atom stereocenters. The second-order valence-electron chi connectivity index (χ2n) is 5.57. The number of likely N-dealkylation sites (N-methyl/N-ethyl adjacent to an activating group) is 1. The average molecular weight is 390 g/mol. The van der Waals surface area contributed by atoms with Crippen molar-refractivity contribution in [3.63, 3.8) is 0 Å². The van der Waals surface area contributed by atoms with E-state index in [1.165, 1.54) is 7.05 Å². The van der Waals surface area contributed by atoms with Gasteiger partial charge in [0.15, 0.2) is 11.5 Å². The van der Waals surface area contributed by atoms with E-state index in [1.807, 2.05) is 18.2 Å². The van der Waals surface area contributed by atoms with Gasteiger partial charge in [0.2, 0.25) is 0 Å².